The molecule has 0 heterocycles. The maximum Gasteiger partial charge on any atom is 0.258 e. The number of rotatable bonds is 7. The maximum absolute atomic E-state index is 13.4. The van der Waals surface area contributed by atoms with Gasteiger partial charge in [-0.2, -0.15) is 0 Å². The molecule has 0 atom stereocenters. The van der Waals surface area contributed by atoms with E-state index in [0.29, 0.717) is 5.75 Å². The molecule has 2 aromatic rings. The first kappa shape index (κ1) is 17.5. The van der Waals surface area contributed by atoms with Crippen LogP contribution in [-0.4, -0.2) is 31.5 Å². The van der Waals surface area contributed by atoms with Crippen LogP contribution in [0.5, 0.6) is 5.75 Å². The molecule has 0 saturated heterocycles. The van der Waals surface area contributed by atoms with Crippen LogP contribution >= 0.6 is 0 Å². The Morgan fingerprint density at radius 1 is 1.00 bits per heavy atom. The van der Waals surface area contributed by atoms with E-state index in [4.69, 9.17) is 4.74 Å². The van der Waals surface area contributed by atoms with Gasteiger partial charge in [0.05, 0.1) is 5.56 Å². The van der Waals surface area contributed by atoms with E-state index in [9.17, 15) is 14.0 Å². The van der Waals surface area contributed by atoms with Crippen LogP contribution in [0.1, 0.15) is 15.9 Å². The van der Waals surface area contributed by atoms with Gasteiger partial charge in [0, 0.05) is 13.1 Å². The van der Waals surface area contributed by atoms with Gasteiger partial charge in [-0.15, -0.1) is 0 Å². The second-order valence-corrected chi connectivity index (χ2v) is 5.19. The molecule has 2 aromatic carbocycles. The molecule has 0 aromatic heterocycles. The third-order valence-electron chi connectivity index (χ3n) is 3.24. The van der Waals surface area contributed by atoms with E-state index >= 15 is 0 Å². The third-order valence-corrected chi connectivity index (χ3v) is 3.24. The Kier molecular flexibility index (Phi) is 6.31. The zero-order chi connectivity index (χ0) is 17.4. The summed E-state index contributed by atoms with van der Waals surface area (Å²) in [7, 11) is 0. The van der Waals surface area contributed by atoms with Crippen LogP contribution in [0, 0.1) is 12.7 Å². The molecule has 5 nitrogen and oxygen atoms in total. The first-order valence-electron chi connectivity index (χ1n) is 7.55. The lowest BCUT2D eigenvalue weighted by molar-refractivity contribution is -0.123. The Morgan fingerprint density at radius 2 is 1.67 bits per heavy atom. The van der Waals surface area contributed by atoms with Crippen LogP contribution in [0.2, 0.25) is 0 Å². The first-order chi connectivity index (χ1) is 11.6. The lowest BCUT2D eigenvalue weighted by Crippen LogP contribution is -2.37. The van der Waals surface area contributed by atoms with E-state index < -0.39 is 11.7 Å². The van der Waals surface area contributed by atoms with Gasteiger partial charge in [-0.3, -0.25) is 9.59 Å². The summed E-state index contributed by atoms with van der Waals surface area (Å²) in [4.78, 5) is 23.4. The molecular formula is C18H19FN2O3. The fourth-order valence-electron chi connectivity index (χ4n) is 1.95. The molecule has 0 spiro atoms. The molecule has 0 fully saturated rings. The van der Waals surface area contributed by atoms with Crippen molar-refractivity contribution in [2.24, 2.45) is 0 Å². The van der Waals surface area contributed by atoms with Gasteiger partial charge in [-0.25, -0.2) is 4.39 Å². The minimum absolute atomic E-state index is 0.0217. The van der Waals surface area contributed by atoms with Gasteiger partial charge in [0.15, 0.2) is 6.61 Å². The summed E-state index contributed by atoms with van der Waals surface area (Å²) in [5.74, 6) is -0.775. The van der Waals surface area contributed by atoms with Gasteiger partial charge in [0.2, 0.25) is 0 Å². The molecular weight excluding hydrogens is 311 g/mol. The fourth-order valence-corrected chi connectivity index (χ4v) is 1.95. The highest BCUT2D eigenvalue weighted by atomic mass is 19.1. The topological polar surface area (TPSA) is 67.4 Å². The minimum Gasteiger partial charge on any atom is -0.484 e. The Hall–Kier alpha value is -2.89. The van der Waals surface area contributed by atoms with Crippen molar-refractivity contribution in [2.45, 2.75) is 6.92 Å². The second kappa shape index (κ2) is 8.67. The molecule has 24 heavy (non-hydrogen) atoms. The summed E-state index contributed by atoms with van der Waals surface area (Å²) >= 11 is 0. The van der Waals surface area contributed by atoms with Crippen molar-refractivity contribution in [1.29, 1.82) is 0 Å². The van der Waals surface area contributed by atoms with Crippen molar-refractivity contribution in [3.8, 4) is 5.75 Å². The van der Waals surface area contributed by atoms with Gasteiger partial charge < -0.3 is 15.4 Å². The van der Waals surface area contributed by atoms with Crippen LogP contribution < -0.4 is 15.4 Å². The molecule has 6 heteroatoms. The van der Waals surface area contributed by atoms with Crippen LogP contribution in [0.3, 0.4) is 0 Å². The highest BCUT2D eigenvalue weighted by Crippen LogP contribution is 2.10. The molecule has 126 valence electrons. The summed E-state index contributed by atoms with van der Waals surface area (Å²) in [6.07, 6.45) is 0. The zero-order valence-electron chi connectivity index (χ0n) is 13.3. The number of hydrogen-bond acceptors (Lipinski definition) is 3. The second-order valence-electron chi connectivity index (χ2n) is 5.19. The maximum atomic E-state index is 13.4. The molecule has 0 saturated carbocycles. The Balaban J connectivity index is 1.65. The van der Waals surface area contributed by atoms with E-state index in [1.165, 1.54) is 18.2 Å². The minimum atomic E-state index is -0.578. The molecule has 0 radical (unpaired) electrons. The SMILES string of the molecule is Cc1ccc(OCC(=O)NCCNC(=O)c2ccccc2F)cc1. The van der Waals surface area contributed by atoms with Crippen molar-refractivity contribution < 1.29 is 18.7 Å². The highest BCUT2D eigenvalue weighted by molar-refractivity contribution is 5.94. The van der Waals surface area contributed by atoms with Crippen molar-refractivity contribution in [1.82, 2.24) is 10.6 Å². The van der Waals surface area contributed by atoms with Crippen molar-refractivity contribution in [3.63, 3.8) is 0 Å². The number of ether oxygens (including phenoxy) is 1. The van der Waals surface area contributed by atoms with Gasteiger partial charge in [0.1, 0.15) is 11.6 Å². The Bertz CT molecular complexity index is 702. The van der Waals surface area contributed by atoms with E-state index in [1.807, 2.05) is 19.1 Å². The van der Waals surface area contributed by atoms with Gasteiger partial charge in [-0.1, -0.05) is 29.8 Å². The Labute approximate surface area is 139 Å². The van der Waals surface area contributed by atoms with Crippen LogP contribution in [-0.2, 0) is 4.79 Å². The Morgan fingerprint density at radius 3 is 2.38 bits per heavy atom. The molecule has 2 amide bonds. The normalized spacial score (nSPS) is 10.1. The summed E-state index contributed by atoms with van der Waals surface area (Å²) in [5, 5.41) is 5.15. The lowest BCUT2D eigenvalue weighted by Gasteiger charge is -2.09. The number of amides is 2. The van der Waals surface area contributed by atoms with E-state index in [0.717, 1.165) is 5.56 Å². The summed E-state index contributed by atoms with van der Waals surface area (Å²) < 4.78 is 18.8. The molecule has 0 aliphatic heterocycles. The predicted molar refractivity (Wildman–Crippen MR) is 88.4 cm³/mol. The monoisotopic (exact) mass is 330 g/mol. The number of benzene rings is 2. The molecule has 0 aliphatic rings. The summed E-state index contributed by atoms with van der Waals surface area (Å²) in [5.41, 5.74) is 1.09. The molecule has 0 unspecified atom stereocenters. The smallest absolute Gasteiger partial charge is 0.258 e. The number of hydrogen-bond donors (Lipinski definition) is 2. The number of carbonyl (C=O) groups is 2. The number of nitrogens with one attached hydrogen (secondary N) is 2. The van der Waals surface area contributed by atoms with Gasteiger partial charge in [0.25, 0.3) is 11.8 Å². The van der Waals surface area contributed by atoms with E-state index in [1.54, 1.807) is 18.2 Å². The third kappa shape index (κ3) is 5.39. The van der Waals surface area contributed by atoms with Crippen molar-refractivity contribution >= 4 is 11.8 Å². The zero-order valence-corrected chi connectivity index (χ0v) is 13.3. The van der Waals surface area contributed by atoms with Crippen LogP contribution in [0.25, 0.3) is 0 Å². The van der Waals surface area contributed by atoms with Crippen LogP contribution in [0.15, 0.2) is 48.5 Å². The van der Waals surface area contributed by atoms with E-state index in [2.05, 4.69) is 10.6 Å². The standard InChI is InChI=1S/C18H19FN2O3/c1-13-6-8-14(9-7-13)24-12-17(22)20-10-11-21-18(23)15-4-2-3-5-16(15)19/h2-9H,10-12H2,1H3,(H,20,22)(H,21,23). The average molecular weight is 330 g/mol. The lowest BCUT2D eigenvalue weighted by atomic mass is 10.2. The van der Waals surface area contributed by atoms with Crippen molar-refractivity contribution in [2.75, 3.05) is 19.7 Å². The predicted octanol–water partition coefficient (Wildman–Crippen LogP) is 2.06. The van der Waals surface area contributed by atoms with Gasteiger partial charge >= 0.3 is 0 Å². The number of halogens is 1. The number of aryl methyl sites for hydroxylation is 1. The number of carbonyl (C=O) groups excluding carboxylic acids is 2. The average Bonchev–Trinajstić information content (AvgIpc) is 2.58. The van der Waals surface area contributed by atoms with Crippen molar-refractivity contribution in [3.05, 3.63) is 65.5 Å². The largest absolute Gasteiger partial charge is 0.484 e. The van der Waals surface area contributed by atoms with Crippen LogP contribution in [0.4, 0.5) is 4.39 Å². The fraction of sp³-hybridized carbons (Fsp3) is 0.222. The highest BCUT2D eigenvalue weighted by Gasteiger charge is 2.10. The summed E-state index contributed by atoms with van der Waals surface area (Å²) in [6, 6.07) is 13.1. The first-order valence-corrected chi connectivity index (χ1v) is 7.55. The quantitative estimate of drug-likeness (QED) is 0.764. The molecule has 2 rings (SSSR count). The van der Waals surface area contributed by atoms with E-state index in [-0.39, 0.29) is 31.2 Å². The molecule has 0 bridgehead atoms. The molecule has 0 aliphatic carbocycles. The summed E-state index contributed by atoms with van der Waals surface area (Å²) in [6.45, 7) is 2.29. The molecule has 2 N–H and O–H groups in total. The van der Waals surface area contributed by atoms with Gasteiger partial charge in [-0.05, 0) is 31.2 Å².